The van der Waals surface area contributed by atoms with E-state index in [9.17, 15) is 4.79 Å². The highest BCUT2D eigenvalue weighted by Crippen LogP contribution is 2.29. The molecule has 3 heterocycles. The summed E-state index contributed by atoms with van der Waals surface area (Å²) < 4.78 is 0. The minimum absolute atomic E-state index is 0.135. The molecule has 1 unspecified atom stereocenters. The van der Waals surface area contributed by atoms with Gasteiger partial charge in [-0.25, -0.2) is 10.4 Å². The van der Waals surface area contributed by atoms with Crippen LogP contribution in [0, 0.1) is 17.2 Å². The first-order valence-electron chi connectivity index (χ1n) is 15.9. The number of aromatic nitrogens is 1. The average Bonchev–Trinajstić information content (AvgIpc) is 3.39. The Hall–Kier alpha value is -3.55. The molecule has 0 aromatic carbocycles. The molecule has 4 rings (SSSR count). The van der Waals surface area contributed by atoms with Crippen LogP contribution < -0.4 is 15.8 Å². The van der Waals surface area contributed by atoms with E-state index < -0.39 is 0 Å². The minimum Gasteiger partial charge on any atom is -0.353 e. The van der Waals surface area contributed by atoms with Gasteiger partial charge in [0.05, 0.1) is 11.2 Å². The SMILES string of the molecule is C=C/C=C(\C=C)c1cc(C=N)c(N2C=CC(C)(C)N2)nc1/C=C/CC(C=C)CN1CCC(C(=O)NC2CCCCC2)CC1. The van der Waals surface area contributed by atoms with Crippen molar-refractivity contribution in [3.8, 4) is 0 Å². The van der Waals surface area contributed by atoms with Crippen LogP contribution in [0.3, 0.4) is 0 Å². The zero-order valence-corrected chi connectivity index (χ0v) is 26.2. The highest BCUT2D eigenvalue weighted by molar-refractivity contribution is 5.90. The molecule has 0 bridgehead atoms. The number of anilines is 1. The molecule has 7 heteroatoms. The summed E-state index contributed by atoms with van der Waals surface area (Å²) >= 11 is 0. The lowest BCUT2D eigenvalue weighted by Gasteiger charge is -2.34. The number of amides is 1. The van der Waals surface area contributed by atoms with Crippen LogP contribution in [0.4, 0.5) is 5.82 Å². The molecular weight excluding hydrogens is 532 g/mol. The standard InChI is InChI=1S/C36H50N6O/c1-6-13-28(8-3)32-24-30(25-37)34(42-23-20-36(4,5)40-42)39-33(32)17-12-14-27(7-2)26-41-21-18-29(19-22-41)35(43)38-31-15-10-9-11-16-31/h6-8,12-13,17,20,23-25,27,29,31,37,40H,1-3,9-11,14-16,18-19,21-22,26H2,4-5H3,(H,38,43)/b17-12+,28-13+,37-25?. The normalized spacial score (nSPS) is 20.7. The Morgan fingerprint density at radius 2 is 1.93 bits per heavy atom. The second kappa shape index (κ2) is 15.3. The molecule has 3 N–H and O–H groups in total. The number of pyridine rings is 1. The fourth-order valence-electron chi connectivity index (χ4n) is 6.23. The summed E-state index contributed by atoms with van der Waals surface area (Å²) in [7, 11) is 0. The van der Waals surface area contributed by atoms with Crippen molar-refractivity contribution in [3.63, 3.8) is 0 Å². The van der Waals surface area contributed by atoms with Crippen molar-refractivity contribution >= 4 is 29.6 Å². The summed E-state index contributed by atoms with van der Waals surface area (Å²) in [5.74, 6) is 1.37. The van der Waals surface area contributed by atoms with Gasteiger partial charge in [0, 0.05) is 42.0 Å². The van der Waals surface area contributed by atoms with E-state index in [4.69, 9.17) is 10.4 Å². The molecule has 1 aromatic rings. The van der Waals surface area contributed by atoms with Crippen molar-refractivity contribution in [2.75, 3.05) is 24.6 Å². The van der Waals surface area contributed by atoms with Gasteiger partial charge in [-0.1, -0.05) is 62.8 Å². The van der Waals surface area contributed by atoms with Gasteiger partial charge in [0.2, 0.25) is 5.91 Å². The first kappa shape index (κ1) is 32.4. The summed E-state index contributed by atoms with van der Waals surface area (Å²) in [5.41, 5.74) is 6.55. The monoisotopic (exact) mass is 582 g/mol. The van der Waals surface area contributed by atoms with Crippen molar-refractivity contribution in [3.05, 3.63) is 85.3 Å². The molecule has 1 aromatic heterocycles. The zero-order chi connectivity index (χ0) is 30.8. The molecule has 230 valence electrons. The van der Waals surface area contributed by atoms with E-state index >= 15 is 0 Å². The van der Waals surface area contributed by atoms with Crippen LogP contribution in [0.2, 0.25) is 0 Å². The Balaban J connectivity index is 1.41. The maximum Gasteiger partial charge on any atom is 0.223 e. The predicted octanol–water partition coefficient (Wildman–Crippen LogP) is 6.82. The smallest absolute Gasteiger partial charge is 0.223 e. The minimum atomic E-state index is -0.199. The van der Waals surface area contributed by atoms with Gasteiger partial charge < -0.3 is 15.6 Å². The summed E-state index contributed by atoms with van der Waals surface area (Å²) in [5, 5.41) is 13.3. The number of hydrogen-bond donors (Lipinski definition) is 3. The Morgan fingerprint density at radius 3 is 2.53 bits per heavy atom. The lowest BCUT2D eigenvalue weighted by molar-refractivity contribution is -0.127. The highest BCUT2D eigenvalue weighted by Gasteiger charge is 2.28. The third-order valence-electron chi connectivity index (χ3n) is 8.77. The summed E-state index contributed by atoms with van der Waals surface area (Å²) in [6.45, 7) is 19.0. The predicted molar refractivity (Wildman–Crippen MR) is 181 cm³/mol. The van der Waals surface area contributed by atoms with Gasteiger partial charge in [-0.3, -0.25) is 9.80 Å². The van der Waals surface area contributed by atoms with Gasteiger partial charge in [0.25, 0.3) is 0 Å². The molecule has 1 saturated heterocycles. The van der Waals surface area contributed by atoms with Gasteiger partial charge in [0.15, 0.2) is 5.82 Å². The first-order valence-corrected chi connectivity index (χ1v) is 15.9. The second-order valence-corrected chi connectivity index (χ2v) is 12.6. The van der Waals surface area contributed by atoms with Crippen molar-refractivity contribution in [2.24, 2.45) is 11.8 Å². The topological polar surface area (TPSA) is 84.4 Å². The number of nitrogens with one attached hydrogen (secondary N) is 3. The van der Waals surface area contributed by atoms with E-state index in [-0.39, 0.29) is 17.4 Å². The summed E-state index contributed by atoms with van der Waals surface area (Å²) in [4.78, 5) is 20.3. The number of rotatable bonds is 13. The van der Waals surface area contributed by atoms with Gasteiger partial charge in [-0.15, -0.1) is 6.58 Å². The number of likely N-dealkylation sites (tertiary alicyclic amines) is 1. The van der Waals surface area contributed by atoms with Crippen molar-refractivity contribution in [1.29, 1.82) is 5.41 Å². The first-order chi connectivity index (χ1) is 20.8. The van der Waals surface area contributed by atoms with E-state index in [1.807, 2.05) is 29.4 Å². The number of hydrogen-bond acceptors (Lipinski definition) is 6. The largest absolute Gasteiger partial charge is 0.353 e. The number of carbonyl (C=O) groups excluding carboxylic acids is 1. The zero-order valence-electron chi connectivity index (χ0n) is 26.2. The fraction of sp³-hybridized carbons (Fsp3) is 0.472. The molecule has 0 radical (unpaired) electrons. The number of carbonyl (C=O) groups is 1. The Morgan fingerprint density at radius 1 is 1.19 bits per heavy atom. The van der Waals surface area contributed by atoms with Crippen LogP contribution in [0.5, 0.6) is 0 Å². The van der Waals surface area contributed by atoms with Crippen molar-refractivity contribution in [2.45, 2.75) is 76.8 Å². The highest BCUT2D eigenvalue weighted by atomic mass is 16.2. The van der Waals surface area contributed by atoms with E-state index in [0.29, 0.717) is 23.3 Å². The lowest BCUT2D eigenvalue weighted by atomic mass is 9.92. The third-order valence-corrected chi connectivity index (χ3v) is 8.77. The third kappa shape index (κ3) is 8.74. The molecule has 3 aliphatic rings. The van der Waals surface area contributed by atoms with Crippen molar-refractivity contribution < 1.29 is 4.79 Å². The number of piperidine rings is 1. The maximum atomic E-state index is 12.8. The quantitative estimate of drug-likeness (QED) is 0.135. The van der Waals surface area contributed by atoms with Gasteiger partial charge >= 0.3 is 0 Å². The molecule has 2 fully saturated rings. The summed E-state index contributed by atoms with van der Waals surface area (Å²) in [6, 6.07) is 2.38. The Bertz CT molecular complexity index is 1260. The van der Waals surface area contributed by atoms with E-state index in [2.05, 4.69) is 67.5 Å². The van der Waals surface area contributed by atoms with Crippen LogP contribution in [0.15, 0.2) is 68.5 Å². The van der Waals surface area contributed by atoms with Crippen LogP contribution in [0.1, 0.15) is 82.0 Å². The van der Waals surface area contributed by atoms with Crippen LogP contribution in [-0.2, 0) is 4.79 Å². The Kier molecular flexibility index (Phi) is 11.5. The van der Waals surface area contributed by atoms with Gasteiger partial charge in [-0.2, -0.15) is 0 Å². The van der Waals surface area contributed by atoms with Crippen LogP contribution in [-0.4, -0.2) is 53.2 Å². The molecule has 2 aliphatic heterocycles. The summed E-state index contributed by atoms with van der Waals surface area (Å²) in [6.07, 6.45) is 25.8. The maximum absolute atomic E-state index is 12.8. The molecule has 1 atom stereocenters. The van der Waals surface area contributed by atoms with E-state index in [1.54, 1.807) is 12.2 Å². The van der Waals surface area contributed by atoms with Crippen LogP contribution >= 0.6 is 0 Å². The molecule has 43 heavy (non-hydrogen) atoms. The number of hydrazine groups is 1. The lowest BCUT2D eigenvalue weighted by Crippen LogP contribution is -2.45. The van der Waals surface area contributed by atoms with Crippen LogP contribution in [0.25, 0.3) is 11.6 Å². The number of allylic oxidation sites excluding steroid dienone is 5. The molecule has 1 aliphatic carbocycles. The number of nitrogens with zero attached hydrogens (tertiary/aromatic N) is 3. The Labute approximate surface area is 258 Å². The van der Waals surface area contributed by atoms with Gasteiger partial charge in [0.1, 0.15) is 0 Å². The molecule has 1 saturated carbocycles. The average molecular weight is 583 g/mol. The van der Waals surface area contributed by atoms with E-state index in [1.165, 1.54) is 25.5 Å². The molecule has 1 amide bonds. The fourth-order valence-corrected chi connectivity index (χ4v) is 6.23. The van der Waals surface area contributed by atoms with Crippen molar-refractivity contribution in [1.82, 2.24) is 20.6 Å². The molecular formula is C36H50N6O. The molecule has 7 nitrogen and oxygen atoms in total. The second-order valence-electron chi connectivity index (χ2n) is 12.6. The molecule has 0 spiro atoms. The van der Waals surface area contributed by atoms with E-state index in [0.717, 1.165) is 68.6 Å². The van der Waals surface area contributed by atoms with Gasteiger partial charge in [-0.05, 0) is 88.8 Å².